The van der Waals surface area contributed by atoms with Crippen LogP contribution in [0.5, 0.6) is 5.75 Å². The number of carbonyl (C=O) groups is 2. The number of carbonyl (C=O) groups excluding carboxylic acids is 2. The van der Waals surface area contributed by atoms with Gasteiger partial charge in [-0.25, -0.2) is 9.18 Å². The Labute approximate surface area is 140 Å². The Kier molecular flexibility index (Phi) is 5.64. The zero-order chi connectivity index (χ0) is 17.7. The molecule has 3 amide bonds. The molecule has 1 aliphatic rings. The number of rotatable bonds is 4. The first-order valence-electron chi connectivity index (χ1n) is 8.17. The second kappa shape index (κ2) is 7.51. The van der Waals surface area contributed by atoms with E-state index in [-0.39, 0.29) is 5.91 Å². The highest BCUT2D eigenvalue weighted by atomic mass is 19.1. The van der Waals surface area contributed by atoms with Crippen LogP contribution >= 0.6 is 0 Å². The summed E-state index contributed by atoms with van der Waals surface area (Å²) in [6.07, 6.45) is 4.01. The summed E-state index contributed by atoms with van der Waals surface area (Å²) in [6, 6.07) is 3.02. The summed E-state index contributed by atoms with van der Waals surface area (Å²) < 4.78 is 13.4. The van der Waals surface area contributed by atoms with Crippen molar-refractivity contribution < 1.29 is 19.1 Å². The van der Waals surface area contributed by atoms with Gasteiger partial charge in [-0.05, 0) is 37.5 Å². The lowest BCUT2D eigenvalue weighted by Crippen LogP contribution is -2.61. The predicted octanol–water partition coefficient (Wildman–Crippen LogP) is 2.34. The first-order valence-corrected chi connectivity index (χ1v) is 8.17. The molecule has 0 aliphatic heterocycles. The largest absolute Gasteiger partial charge is 0.505 e. The number of phenols is 1. The maximum Gasteiger partial charge on any atom is 0.316 e. The zero-order valence-electron chi connectivity index (χ0n) is 14.0. The maximum atomic E-state index is 13.4. The van der Waals surface area contributed by atoms with Gasteiger partial charge in [0.25, 0.3) is 0 Å². The summed E-state index contributed by atoms with van der Waals surface area (Å²) in [5, 5.41) is 17.4. The van der Waals surface area contributed by atoms with Gasteiger partial charge in [-0.15, -0.1) is 0 Å². The number of halogens is 1. The molecule has 24 heavy (non-hydrogen) atoms. The van der Waals surface area contributed by atoms with Gasteiger partial charge in [0.15, 0.2) is 11.6 Å². The van der Waals surface area contributed by atoms with Crippen LogP contribution in [0.25, 0.3) is 0 Å². The smallest absolute Gasteiger partial charge is 0.316 e. The van der Waals surface area contributed by atoms with E-state index in [4.69, 9.17) is 0 Å². The van der Waals surface area contributed by atoms with Crippen molar-refractivity contribution in [1.29, 1.82) is 0 Å². The molecule has 0 heterocycles. The van der Waals surface area contributed by atoms with Gasteiger partial charge < -0.3 is 21.1 Å². The van der Waals surface area contributed by atoms with E-state index in [0.29, 0.717) is 18.4 Å². The van der Waals surface area contributed by atoms with Crippen LogP contribution < -0.4 is 16.0 Å². The van der Waals surface area contributed by atoms with E-state index >= 15 is 0 Å². The van der Waals surface area contributed by atoms with Crippen molar-refractivity contribution in [3.63, 3.8) is 0 Å². The van der Waals surface area contributed by atoms with Gasteiger partial charge in [-0.2, -0.15) is 0 Å². The number of benzene rings is 1. The van der Waals surface area contributed by atoms with Crippen molar-refractivity contribution >= 4 is 11.9 Å². The average molecular weight is 337 g/mol. The monoisotopic (exact) mass is 337 g/mol. The summed E-state index contributed by atoms with van der Waals surface area (Å²) in [4.78, 5) is 24.6. The molecule has 0 bridgehead atoms. The number of nitrogens with one attached hydrogen (secondary N) is 3. The fraction of sp³-hybridized carbons (Fsp3) is 0.529. The second-order valence-corrected chi connectivity index (χ2v) is 6.25. The summed E-state index contributed by atoms with van der Waals surface area (Å²) in [5.74, 6) is -1.37. The van der Waals surface area contributed by atoms with E-state index in [2.05, 4.69) is 16.0 Å². The van der Waals surface area contributed by atoms with E-state index in [1.54, 1.807) is 20.0 Å². The average Bonchev–Trinajstić information content (AvgIpc) is 2.57. The SMILES string of the molecule is CNC(=O)C1(NC(=O)NC(C)c2ccc(O)c(F)c2)CCCCC1. The Bertz CT molecular complexity index is 615. The highest BCUT2D eigenvalue weighted by Gasteiger charge is 2.40. The van der Waals surface area contributed by atoms with Gasteiger partial charge in [-0.1, -0.05) is 25.3 Å². The summed E-state index contributed by atoms with van der Waals surface area (Å²) >= 11 is 0. The Morgan fingerprint density at radius 3 is 2.50 bits per heavy atom. The number of amides is 3. The Hall–Kier alpha value is -2.31. The van der Waals surface area contributed by atoms with Crippen LogP contribution in [0.1, 0.15) is 50.6 Å². The van der Waals surface area contributed by atoms with Crippen molar-refractivity contribution in [1.82, 2.24) is 16.0 Å². The van der Waals surface area contributed by atoms with Gasteiger partial charge in [-0.3, -0.25) is 4.79 Å². The van der Waals surface area contributed by atoms with Crippen LogP contribution in [-0.2, 0) is 4.79 Å². The van der Waals surface area contributed by atoms with Crippen molar-refractivity contribution in [2.24, 2.45) is 0 Å². The van der Waals surface area contributed by atoms with Crippen LogP contribution in [0.4, 0.5) is 9.18 Å². The van der Waals surface area contributed by atoms with Crippen LogP contribution in [0.2, 0.25) is 0 Å². The molecule has 0 spiro atoms. The van der Waals surface area contributed by atoms with Gasteiger partial charge in [0.1, 0.15) is 5.54 Å². The standard InChI is InChI=1S/C17H24FN3O3/c1-11(12-6-7-14(22)13(18)10-12)20-16(24)21-17(15(23)19-2)8-4-3-5-9-17/h6-7,10-11,22H,3-5,8-9H2,1-2H3,(H,19,23)(H2,20,21,24). The molecule has 1 fully saturated rings. The van der Waals surface area contributed by atoms with Gasteiger partial charge in [0, 0.05) is 7.05 Å². The zero-order valence-corrected chi connectivity index (χ0v) is 14.0. The van der Waals surface area contributed by atoms with Crippen molar-refractivity contribution in [3.8, 4) is 5.75 Å². The minimum absolute atomic E-state index is 0.194. The Balaban J connectivity index is 2.04. The number of urea groups is 1. The number of hydrogen-bond donors (Lipinski definition) is 4. The predicted molar refractivity (Wildman–Crippen MR) is 88.0 cm³/mol. The molecule has 1 unspecified atom stereocenters. The third-order valence-electron chi connectivity index (χ3n) is 4.54. The number of phenolic OH excluding ortho intramolecular Hbond substituents is 1. The van der Waals surface area contributed by atoms with Crippen molar-refractivity contribution in [2.75, 3.05) is 7.05 Å². The van der Waals surface area contributed by atoms with Gasteiger partial charge >= 0.3 is 6.03 Å². The molecular formula is C17H24FN3O3. The van der Waals surface area contributed by atoms with E-state index in [1.807, 2.05) is 0 Å². The van der Waals surface area contributed by atoms with E-state index in [1.165, 1.54) is 12.1 Å². The molecule has 1 aromatic carbocycles. The summed E-state index contributed by atoms with van der Waals surface area (Å²) in [6.45, 7) is 1.71. The maximum absolute atomic E-state index is 13.4. The molecule has 1 atom stereocenters. The highest BCUT2D eigenvalue weighted by Crippen LogP contribution is 2.28. The number of likely N-dealkylation sites (N-methyl/N-ethyl adjacent to an activating group) is 1. The fourth-order valence-electron chi connectivity index (χ4n) is 3.13. The topological polar surface area (TPSA) is 90.5 Å². The molecule has 2 rings (SSSR count). The molecule has 1 saturated carbocycles. The molecule has 0 saturated heterocycles. The first-order chi connectivity index (χ1) is 11.4. The van der Waals surface area contributed by atoms with E-state index in [0.717, 1.165) is 19.3 Å². The van der Waals surface area contributed by atoms with Crippen LogP contribution in [0.15, 0.2) is 18.2 Å². The highest BCUT2D eigenvalue weighted by molar-refractivity contribution is 5.91. The summed E-state index contributed by atoms with van der Waals surface area (Å²) in [5.41, 5.74) is -0.366. The number of aromatic hydroxyl groups is 1. The molecule has 0 aromatic heterocycles. The minimum atomic E-state index is -0.892. The fourth-order valence-corrected chi connectivity index (χ4v) is 3.13. The van der Waals surface area contributed by atoms with Crippen molar-refractivity contribution in [3.05, 3.63) is 29.6 Å². The number of hydrogen-bond acceptors (Lipinski definition) is 3. The molecule has 0 radical (unpaired) electrons. The molecule has 4 N–H and O–H groups in total. The summed E-state index contributed by atoms with van der Waals surface area (Å²) in [7, 11) is 1.56. The Morgan fingerprint density at radius 2 is 1.92 bits per heavy atom. The lowest BCUT2D eigenvalue weighted by molar-refractivity contribution is -0.128. The van der Waals surface area contributed by atoms with Gasteiger partial charge in [0.2, 0.25) is 5.91 Å². The quantitative estimate of drug-likeness (QED) is 0.680. The molecular weight excluding hydrogens is 313 g/mol. The normalized spacial score (nSPS) is 17.6. The Morgan fingerprint density at radius 1 is 1.25 bits per heavy atom. The van der Waals surface area contributed by atoms with E-state index < -0.39 is 29.2 Å². The van der Waals surface area contributed by atoms with Crippen LogP contribution in [-0.4, -0.2) is 29.6 Å². The third kappa shape index (κ3) is 3.96. The lowest BCUT2D eigenvalue weighted by Gasteiger charge is -2.36. The van der Waals surface area contributed by atoms with Gasteiger partial charge in [0.05, 0.1) is 6.04 Å². The second-order valence-electron chi connectivity index (χ2n) is 6.25. The molecule has 1 aromatic rings. The van der Waals surface area contributed by atoms with Crippen LogP contribution in [0, 0.1) is 5.82 Å². The minimum Gasteiger partial charge on any atom is -0.505 e. The molecule has 1 aliphatic carbocycles. The third-order valence-corrected chi connectivity index (χ3v) is 4.54. The van der Waals surface area contributed by atoms with Crippen molar-refractivity contribution in [2.45, 2.75) is 50.6 Å². The first kappa shape index (κ1) is 18.0. The molecule has 7 heteroatoms. The van der Waals surface area contributed by atoms with Crippen LogP contribution in [0.3, 0.4) is 0 Å². The lowest BCUT2D eigenvalue weighted by atomic mass is 9.81. The van der Waals surface area contributed by atoms with E-state index in [9.17, 15) is 19.1 Å². The molecule has 132 valence electrons. The molecule has 6 nitrogen and oxygen atoms in total.